The Morgan fingerprint density at radius 2 is 1.69 bits per heavy atom. The number of esters is 1. The molecule has 2 atom stereocenters. The van der Waals surface area contributed by atoms with Crippen molar-refractivity contribution < 1.29 is 17.9 Å². The molecule has 9 heteroatoms. The molecule has 186 valence electrons. The van der Waals surface area contributed by atoms with E-state index in [1.54, 1.807) is 31.3 Å². The second-order valence-corrected chi connectivity index (χ2v) is 9.69. The first-order chi connectivity index (χ1) is 17.3. The molecule has 0 saturated carbocycles. The fraction of sp³-hybridized carbons (Fsp3) is 0.296. The molecular formula is C27H28N4O4S. The molecule has 2 unspecified atom stereocenters. The molecule has 8 nitrogen and oxygen atoms in total. The van der Waals surface area contributed by atoms with Gasteiger partial charge in [0.1, 0.15) is 5.36 Å². The van der Waals surface area contributed by atoms with Crippen LogP contribution in [0.3, 0.4) is 0 Å². The third-order valence-electron chi connectivity index (χ3n) is 6.08. The van der Waals surface area contributed by atoms with Gasteiger partial charge in [-0.25, -0.2) is 4.79 Å². The van der Waals surface area contributed by atoms with Crippen molar-refractivity contribution >= 4 is 26.8 Å². The zero-order valence-corrected chi connectivity index (χ0v) is 21.3. The number of nitrogens with zero attached hydrogens (tertiary/aromatic N) is 4. The van der Waals surface area contributed by atoms with Gasteiger partial charge in [-0.1, -0.05) is 42.5 Å². The number of likely N-dealkylation sites (N-methyl/N-ethyl adjacent to an activating group) is 1. The van der Waals surface area contributed by atoms with Crippen molar-refractivity contribution in [2.75, 3.05) is 18.6 Å². The van der Waals surface area contributed by atoms with Crippen LogP contribution in [0.5, 0.6) is 0 Å². The number of carbonyl (C=O) groups is 1. The molecule has 1 aromatic heterocycles. The molecule has 1 aliphatic heterocycles. The lowest BCUT2D eigenvalue weighted by Crippen LogP contribution is -2.45. The maximum absolute atomic E-state index is 12.6. The molecule has 0 fully saturated rings. The van der Waals surface area contributed by atoms with Crippen LogP contribution in [0, 0.1) is 0 Å². The summed E-state index contributed by atoms with van der Waals surface area (Å²) in [5.74, 6) is -0.832. The van der Waals surface area contributed by atoms with Gasteiger partial charge >= 0.3 is 5.97 Å². The van der Waals surface area contributed by atoms with Gasteiger partial charge < -0.3 is 9.64 Å². The van der Waals surface area contributed by atoms with E-state index in [1.807, 2.05) is 67.6 Å². The molecule has 1 aliphatic rings. The monoisotopic (exact) mass is 504 g/mol. The summed E-state index contributed by atoms with van der Waals surface area (Å²) in [6, 6.07) is 18.4. The van der Waals surface area contributed by atoms with E-state index in [9.17, 15) is 13.2 Å². The number of hydrogen-bond acceptors (Lipinski definition) is 8. The van der Waals surface area contributed by atoms with Crippen LogP contribution in [0.2, 0.25) is 0 Å². The Kier molecular flexibility index (Phi) is 7.59. The highest BCUT2D eigenvalue weighted by Crippen LogP contribution is 2.24. The molecule has 2 aromatic carbocycles. The van der Waals surface area contributed by atoms with Crippen molar-refractivity contribution in [2.24, 2.45) is 9.98 Å². The summed E-state index contributed by atoms with van der Waals surface area (Å²) >= 11 is 0. The molecule has 3 aromatic rings. The number of carbonyl (C=O) groups excluding carboxylic acids is 1. The largest absolute Gasteiger partial charge is 0.462 e. The van der Waals surface area contributed by atoms with Crippen molar-refractivity contribution in [3.63, 3.8) is 0 Å². The molecule has 36 heavy (non-hydrogen) atoms. The molecular weight excluding hydrogens is 476 g/mol. The average molecular weight is 505 g/mol. The minimum absolute atomic E-state index is 0.0881. The van der Waals surface area contributed by atoms with Crippen LogP contribution in [0.1, 0.15) is 25.0 Å². The van der Waals surface area contributed by atoms with Gasteiger partial charge in [0.25, 0.3) is 0 Å². The molecule has 0 spiro atoms. The number of hydrogen-bond donors (Lipinski definition) is 0. The molecule has 0 saturated heterocycles. The standard InChI is InChI=1S/C27H28N4O4S/c1-4-35-26(32)25(36(33)34)24(16-19-8-6-5-7-9-19)31(3)21-12-10-20(11-13-21)17-27(2)29-22-14-15-28-18-23(22)30-27/h5-15,18,24H,4,16-17H2,1-3H3. The minimum atomic E-state index is -2.75. The molecule has 0 amide bonds. The Labute approximate surface area is 211 Å². The van der Waals surface area contributed by atoms with Crippen LogP contribution in [0.25, 0.3) is 0 Å². The molecule has 0 radical (unpaired) electrons. The lowest BCUT2D eigenvalue weighted by Gasteiger charge is -2.30. The summed E-state index contributed by atoms with van der Waals surface area (Å²) in [5, 5.41) is 1.62. The van der Waals surface area contributed by atoms with Crippen LogP contribution in [-0.4, -0.2) is 49.6 Å². The Bertz CT molecular complexity index is 1460. The Morgan fingerprint density at radius 3 is 2.33 bits per heavy atom. The summed E-state index contributed by atoms with van der Waals surface area (Å²) in [4.78, 5) is 27.7. The van der Waals surface area contributed by atoms with E-state index in [-0.39, 0.29) is 11.5 Å². The SMILES string of the molecule is CCOC(=O)C(C(Cc1ccccc1)N(C)c1ccc(CC2(C)N=c3ccncc3=N2)cc1)=S(=O)=O. The normalized spacial score (nSPS) is 16.8. The lowest BCUT2D eigenvalue weighted by molar-refractivity contribution is -0.135. The van der Waals surface area contributed by atoms with E-state index in [0.29, 0.717) is 12.8 Å². The molecule has 0 N–H and O–H groups in total. The first-order valence-corrected chi connectivity index (χ1v) is 12.8. The number of ether oxygens (including phenoxy) is 1. The van der Waals surface area contributed by atoms with Crippen molar-refractivity contribution in [3.05, 3.63) is 94.9 Å². The van der Waals surface area contributed by atoms with Crippen LogP contribution in [0.4, 0.5) is 5.69 Å². The lowest BCUT2D eigenvalue weighted by atomic mass is 9.99. The maximum Gasteiger partial charge on any atom is 0.351 e. The molecule has 4 rings (SSSR count). The predicted octanol–water partition coefficient (Wildman–Crippen LogP) is 1.96. The third kappa shape index (κ3) is 5.68. The highest BCUT2D eigenvalue weighted by atomic mass is 32.2. The number of benzene rings is 2. The Balaban J connectivity index is 1.61. The fourth-order valence-electron chi connectivity index (χ4n) is 4.36. The summed E-state index contributed by atoms with van der Waals surface area (Å²) in [7, 11) is -0.966. The highest BCUT2D eigenvalue weighted by Gasteiger charge is 2.31. The number of anilines is 1. The highest BCUT2D eigenvalue weighted by molar-refractivity contribution is 7.75. The van der Waals surface area contributed by atoms with Crippen LogP contribution >= 0.6 is 0 Å². The van der Waals surface area contributed by atoms with Crippen molar-refractivity contribution in [2.45, 2.75) is 38.4 Å². The van der Waals surface area contributed by atoms with Gasteiger partial charge in [-0.05, 0) is 49.6 Å². The van der Waals surface area contributed by atoms with Crippen LogP contribution < -0.4 is 15.6 Å². The first kappa shape index (κ1) is 25.2. The quantitative estimate of drug-likeness (QED) is 0.326. The second-order valence-electron chi connectivity index (χ2n) is 8.78. The first-order valence-electron chi connectivity index (χ1n) is 11.7. The van der Waals surface area contributed by atoms with Gasteiger partial charge in [0, 0.05) is 25.4 Å². The van der Waals surface area contributed by atoms with E-state index in [1.165, 1.54) is 0 Å². The molecule has 2 heterocycles. The number of aromatic nitrogens is 1. The summed E-state index contributed by atoms with van der Waals surface area (Å²) in [6.07, 6.45) is 4.34. The summed E-state index contributed by atoms with van der Waals surface area (Å²) in [5.41, 5.74) is 2.10. The van der Waals surface area contributed by atoms with Gasteiger partial charge in [-0.3, -0.25) is 15.0 Å². The topological polar surface area (TPSA) is 101 Å². The zero-order chi connectivity index (χ0) is 25.7. The molecule has 0 aliphatic carbocycles. The van der Waals surface area contributed by atoms with E-state index < -0.39 is 28.0 Å². The van der Waals surface area contributed by atoms with Crippen LogP contribution in [-0.2, 0) is 32.7 Å². The predicted molar refractivity (Wildman–Crippen MR) is 138 cm³/mol. The van der Waals surface area contributed by atoms with Gasteiger partial charge in [0.2, 0.25) is 10.3 Å². The maximum atomic E-state index is 12.6. The number of pyridine rings is 1. The van der Waals surface area contributed by atoms with Crippen LogP contribution in [0.15, 0.2) is 83.0 Å². The third-order valence-corrected chi connectivity index (χ3v) is 6.88. The van der Waals surface area contributed by atoms with Crippen molar-refractivity contribution in [3.8, 4) is 0 Å². The fourth-order valence-corrected chi connectivity index (χ4v) is 5.02. The van der Waals surface area contributed by atoms with Gasteiger partial charge in [-0.2, -0.15) is 8.42 Å². The zero-order valence-electron chi connectivity index (χ0n) is 20.5. The van der Waals surface area contributed by atoms with Gasteiger partial charge in [0.05, 0.1) is 24.2 Å². The summed E-state index contributed by atoms with van der Waals surface area (Å²) < 4.78 is 29.4. The number of fused-ring (bicyclic) bond motifs is 1. The average Bonchev–Trinajstić information content (AvgIpc) is 3.20. The van der Waals surface area contributed by atoms with Crippen molar-refractivity contribution in [1.29, 1.82) is 0 Å². The Morgan fingerprint density at radius 1 is 1.00 bits per heavy atom. The Hall–Kier alpha value is -3.85. The van der Waals surface area contributed by atoms with Gasteiger partial charge in [0.15, 0.2) is 10.5 Å². The van der Waals surface area contributed by atoms with Crippen molar-refractivity contribution in [1.82, 2.24) is 4.98 Å². The second kappa shape index (κ2) is 10.8. The van der Waals surface area contributed by atoms with E-state index in [2.05, 4.69) is 4.98 Å². The summed E-state index contributed by atoms with van der Waals surface area (Å²) in [6.45, 7) is 3.72. The number of rotatable bonds is 9. The molecule has 0 bridgehead atoms. The van der Waals surface area contributed by atoms with E-state index in [4.69, 9.17) is 14.7 Å². The minimum Gasteiger partial charge on any atom is -0.462 e. The van der Waals surface area contributed by atoms with E-state index in [0.717, 1.165) is 27.5 Å². The van der Waals surface area contributed by atoms with E-state index >= 15 is 0 Å². The smallest absolute Gasteiger partial charge is 0.351 e. The van der Waals surface area contributed by atoms with Gasteiger partial charge in [-0.15, -0.1) is 0 Å².